The van der Waals surface area contributed by atoms with Crippen molar-refractivity contribution in [3.05, 3.63) is 176 Å². The molecule has 0 saturated heterocycles. The lowest BCUT2D eigenvalue weighted by molar-refractivity contribution is 0.465. The molecule has 11 rings (SSSR count). The molecule has 9 aromatic rings. The molecule has 3 heterocycles. The van der Waals surface area contributed by atoms with Crippen LogP contribution in [0.1, 0.15) is 0 Å². The number of para-hydroxylation sites is 3. The van der Waals surface area contributed by atoms with E-state index in [9.17, 15) is 0 Å². The fourth-order valence-electron chi connectivity index (χ4n) is 8.21. The molecule has 2 aliphatic heterocycles. The van der Waals surface area contributed by atoms with Crippen LogP contribution in [0.5, 0.6) is 23.0 Å². The smallest absolute Gasteiger partial charge is 0.260 e. The van der Waals surface area contributed by atoms with Crippen molar-refractivity contribution >= 4 is 72.7 Å². The SMILES string of the molecule is c1ccc(N(c2ccc3c(c2)Oc2cccc4c2B3c2cc3c5ccccc5n(-c5ccccc5)c3cc2O4)c2ccc3ccccc3c2)cc1. The van der Waals surface area contributed by atoms with Crippen LogP contribution in [0.2, 0.25) is 0 Å². The highest BCUT2D eigenvalue weighted by molar-refractivity contribution is 6.98. The second kappa shape index (κ2) is 10.9. The number of nitrogens with zero attached hydrogens (tertiary/aromatic N) is 2. The molecule has 4 nitrogen and oxygen atoms in total. The molecule has 0 spiro atoms. The van der Waals surface area contributed by atoms with Gasteiger partial charge in [0.15, 0.2) is 0 Å². The molecular weight excluding hydrogens is 623 g/mol. The topological polar surface area (TPSA) is 26.6 Å². The standard InChI is InChI=1S/C46H29BN2O2/c1-3-14-32(15-4-1)48(34-23-22-30-12-7-8-13-31(30)26-34)35-24-25-38-44(27-35)50-42-20-11-21-43-46(42)47(38)39-28-37-36-18-9-10-19-40(36)49(33-16-5-2-6-17-33)41(37)29-45(39)51-43/h1-29H. The molecule has 238 valence electrons. The van der Waals surface area contributed by atoms with Crippen molar-refractivity contribution in [2.75, 3.05) is 4.90 Å². The first kappa shape index (κ1) is 28.2. The zero-order valence-electron chi connectivity index (χ0n) is 27.5. The summed E-state index contributed by atoms with van der Waals surface area (Å²) in [6.07, 6.45) is 0. The molecule has 0 fully saturated rings. The Morgan fingerprint density at radius 3 is 1.90 bits per heavy atom. The zero-order chi connectivity index (χ0) is 33.5. The second-order valence-corrected chi connectivity index (χ2v) is 13.3. The minimum Gasteiger partial charge on any atom is -0.458 e. The normalized spacial score (nSPS) is 12.6. The first-order valence-corrected chi connectivity index (χ1v) is 17.4. The van der Waals surface area contributed by atoms with Gasteiger partial charge in [0, 0.05) is 51.1 Å². The summed E-state index contributed by atoms with van der Waals surface area (Å²) in [6, 6.07) is 62.3. The van der Waals surface area contributed by atoms with E-state index in [2.05, 4.69) is 179 Å². The predicted molar refractivity (Wildman–Crippen MR) is 211 cm³/mol. The van der Waals surface area contributed by atoms with Crippen LogP contribution in [0.4, 0.5) is 17.1 Å². The van der Waals surface area contributed by atoms with Gasteiger partial charge < -0.3 is 18.9 Å². The molecule has 1 aromatic heterocycles. The van der Waals surface area contributed by atoms with E-state index in [4.69, 9.17) is 9.47 Å². The summed E-state index contributed by atoms with van der Waals surface area (Å²) in [7, 11) is 0. The maximum atomic E-state index is 6.78. The minimum absolute atomic E-state index is 0.0492. The van der Waals surface area contributed by atoms with Crippen molar-refractivity contribution in [1.82, 2.24) is 4.57 Å². The lowest BCUT2D eigenvalue weighted by atomic mass is 9.35. The average molecular weight is 653 g/mol. The van der Waals surface area contributed by atoms with Gasteiger partial charge in [0.05, 0.1) is 11.0 Å². The van der Waals surface area contributed by atoms with Crippen molar-refractivity contribution < 1.29 is 9.47 Å². The summed E-state index contributed by atoms with van der Waals surface area (Å²) in [6.45, 7) is -0.0492. The van der Waals surface area contributed by atoms with E-state index in [1.165, 1.54) is 27.1 Å². The first-order chi connectivity index (χ1) is 25.3. The largest absolute Gasteiger partial charge is 0.458 e. The molecule has 0 radical (unpaired) electrons. The first-order valence-electron chi connectivity index (χ1n) is 17.4. The number of hydrogen-bond donors (Lipinski definition) is 0. The third-order valence-electron chi connectivity index (χ3n) is 10.5. The van der Waals surface area contributed by atoms with Crippen molar-refractivity contribution in [3.63, 3.8) is 0 Å². The summed E-state index contributed by atoms with van der Waals surface area (Å²) in [5.74, 6) is 3.39. The lowest BCUT2D eigenvalue weighted by Crippen LogP contribution is -2.57. The Hall–Kier alpha value is -6.72. The number of aromatic nitrogens is 1. The lowest BCUT2D eigenvalue weighted by Gasteiger charge is -2.34. The summed E-state index contributed by atoms with van der Waals surface area (Å²) >= 11 is 0. The van der Waals surface area contributed by atoms with Crippen LogP contribution in [0.25, 0.3) is 38.3 Å². The van der Waals surface area contributed by atoms with Gasteiger partial charge in [-0.3, -0.25) is 0 Å². The highest BCUT2D eigenvalue weighted by atomic mass is 16.5. The summed E-state index contributed by atoms with van der Waals surface area (Å²) < 4.78 is 15.9. The van der Waals surface area contributed by atoms with Gasteiger partial charge in [0.1, 0.15) is 23.0 Å². The number of rotatable bonds is 4. The van der Waals surface area contributed by atoms with Gasteiger partial charge in [-0.05, 0) is 82.4 Å². The fraction of sp³-hybridized carbons (Fsp3) is 0. The Balaban J connectivity index is 1.11. The van der Waals surface area contributed by atoms with Crippen LogP contribution in [0.3, 0.4) is 0 Å². The van der Waals surface area contributed by atoms with E-state index in [1.807, 2.05) is 6.07 Å². The Morgan fingerprint density at radius 1 is 0.412 bits per heavy atom. The fourth-order valence-corrected chi connectivity index (χ4v) is 8.21. The van der Waals surface area contributed by atoms with Crippen molar-refractivity contribution in [2.45, 2.75) is 0 Å². The van der Waals surface area contributed by atoms with E-state index < -0.39 is 0 Å². The van der Waals surface area contributed by atoms with Gasteiger partial charge in [-0.2, -0.15) is 0 Å². The molecule has 0 bridgehead atoms. The van der Waals surface area contributed by atoms with E-state index >= 15 is 0 Å². The van der Waals surface area contributed by atoms with Gasteiger partial charge in [-0.25, -0.2) is 0 Å². The Morgan fingerprint density at radius 2 is 1.08 bits per heavy atom. The number of hydrogen-bond acceptors (Lipinski definition) is 3. The van der Waals surface area contributed by atoms with Crippen LogP contribution < -0.4 is 30.8 Å². The molecular formula is C46H29BN2O2. The van der Waals surface area contributed by atoms with Crippen LogP contribution >= 0.6 is 0 Å². The molecule has 8 aromatic carbocycles. The van der Waals surface area contributed by atoms with Crippen molar-refractivity contribution in [3.8, 4) is 28.7 Å². The molecule has 0 aliphatic carbocycles. The second-order valence-electron chi connectivity index (χ2n) is 13.3. The van der Waals surface area contributed by atoms with E-state index in [0.29, 0.717) is 0 Å². The number of benzene rings is 8. The molecule has 0 saturated carbocycles. The molecule has 0 amide bonds. The van der Waals surface area contributed by atoms with Crippen LogP contribution in [0.15, 0.2) is 176 Å². The summed E-state index contributed by atoms with van der Waals surface area (Å²) in [5.41, 5.74) is 9.97. The van der Waals surface area contributed by atoms with Crippen LogP contribution in [-0.2, 0) is 0 Å². The number of ether oxygens (including phenoxy) is 2. The monoisotopic (exact) mass is 652 g/mol. The van der Waals surface area contributed by atoms with E-state index in [-0.39, 0.29) is 6.71 Å². The summed E-state index contributed by atoms with van der Waals surface area (Å²) in [5, 5.41) is 4.84. The van der Waals surface area contributed by atoms with Gasteiger partial charge in [0.2, 0.25) is 0 Å². The molecule has 2 aliphatic rings. The molecule has 0 atom stereocenters. The summed E-state index contributed by atoms with van der Waals surface area (Å²) in [4.78, 5) is 2.31. The number of anilines is 3. The van der Waals surface area contributed by atoms with Crippen LogP contribution in [0, 0.1) is 0 Å². The maximum Gasteiger partial charge on any atom is 0.260 e. The molecule has 0 N–H and O–H groups in total. The van der Waals surface area contributed by atoms with Crippen molar-refractivity contribution in [1.29, 1.82) is 0 Å². The molecule has 5 heteroatoms. The van der Waals surface area contributed by atoms with Crippen LogP contribution in [-0.4, -0.2) is 11.3 Å². The zero-order valence-corrected chi connectivity index (χ0v) is 27.5. The number of fused-ring (bicyclic) bond motifs is 8. The predicted octanol–water partition coefficient (Wildman–Crippen LogP) is 10.1. The van der Waals surface area contributed by atoms with Gasteiger partial charge in [-0.1, -0.05) is 103 Å². The van der Waals surface area contributed by atoms with E-state index in [0.717, 1.165) is 67.7 Å². The Labute approximate surface area is 295 Å². The third-order valence-corrected chi connectivity index (χ3v) is 10.5. The van der Waals surface area contributed by atoms with Gasteiger partial charge in [-0.15, -0.1) is 0 Å². The third kappa shape index (κ3) is 4.28. The highest BCUT2D eigenvalue weighted by Gasteiger charge is 2.41. The Kier molecular flexibility index (Phi) is 6.01. The highest BCUT2D eigenvalue weighted by Crippen LogP contribution is 2.42. The Bertz CT molecular complexity index is 2830. The quantitative estimate of drug-likeness (QED) is 0.177. The van der Waals surface area contributed by atoms with Gasteiger partial charge in [0.25, 0.3) is 6.71 Å². The van der Waals surface area contributed by atoms with Gasteiger partial charge >= 0.3 is 0 Å². The minimum atomic E-state index is -0.0492. The molecule has 0 unspecified atom stereocenters. The molecule has 51 heavy (non-hydrogen) atoms. The maximum absolute atomic E-state index is 6.78. The van der Waals surface area contributed by atoms with E-state index in [1.54, 1.807) is 0 Å². The average Bonchev–Trinajstić information content (AvgIpc) is 3.51. The van der Waals surface area contributed by atoms with Crippen molar-refractivity contribution in [2.24, 2.45) is 0 Å².